The van der Waals surface area contributed by atoms with Crippen LogP contribution in [-0.2, 0) is 0 Å². The summed E-state index contributed by atoms with van der Waals surface area (Å²) in [5.74, 6) is 0.732. The molecule has 0 aliphatic carbocycles. The zero-order chi connectivity index (χ0) is 16.0. The molecule has 114 valence electrons. The lowest BCUT2D eigenvalue weighted by atomic mass is 10.2. The normalized spacial score (nSPS) is 11.2. The van der Waals surface area contributed by atoms with E-state index in [1.54, 1.807) is 24.3 Å². The van der Waals surface area contributed by atoms with E-state index in [-0.39, 0.29) is 5.69 Å². The smallest absolute Gasteiger partial charge is 0.323 e. The van der Waals surface area contributed by atoms with Crippen LogP contribution in [0.4, 0.5) is 0 Å². The van der Waals surface area contributed by atoms with E-state index in [0.717, 1.165) is 10.0 Å². The molecule has 2 aromatic carbocycles. The third-order valence-electron chi connectivity index (χ3n) is 3.33. The lowest BCUT2D eigenvalue weighted by molar-refractivity contribution is 0.432. The number of nitrogens with zero attached hydrogens (tertiary/aromatic N) is 2. The summed E-state index contributed by atoms with van der Waals surface area (Å²) in [7, 11) is 0. The van der Waals surface area contributed by atoms with Crippen molar-refractivity contribution in [3.05, 3.63) is 56.4 Å². The molecule has 23 heavy (non-hydrogen) atoms. The molecule has 0 spiro atoms. The average Bonchev–Trinajstić information content (AvgIpc) is 3.12. The number of benzene rings is 2. The molecular formula is C15H8BrClN4O2. The van der Waals surface area contributed by atoms with Crippen LogP contribution in [0.2, 0.25) is 5.02 Å². The maximum atomic E-state index is 11.5. The largest absolute Gasteiger partial charge is 0.334 e. The van der Waals surface area contributed by atoms with Gasteiger partial charge >= 0.3 is 5.69 Å². The van der Waals surface area contributed by atoms with Crippen LogP contribution < -0.4 is 5.69 Å². The van der Waals surface area contributed by atoms with Crippen LogP contribution in [0, 0.1) is 0 Å². The molecule has 0 unspecified atom stereocenters. The molecule has 0 radical (unpaired) electrons. The van der Waals surface area contributed by atoms with Crippen molar-refractivity contribution in [1.29, 1.82) is 0 Å². The van der Waals surface area contributed by atoms with Crippen LogP contribution >= 0.6 is 27.5 Å². The highest BCUT2D eigenvalue weighted by Crippen LogP contribution is 2.30. The van der Waals surface area contributed by atoms with Crippen LogP contribution in [0.1, 0.15) is 0 Å². The van der Waals surface area contributed by atoms with Gasteiger partial charge in [-0.15, -0.1) is 0 Å². The maximum absolute atomic E-state index is 11.5. The molecule has 4 rings (SSSR count). The Balaban J connectivity index is 1.88. The predicted molar refractivity (Wildman–Crippen MR) is 90.4 cm³/mol. The second-order valence-electron chi connectivity index (χ2n) is 4.89. The zero-order valence-electron chi connectivity index (χ0n) is 11.4. The molecule has 0 amide bonds. The van der Waals surface area contributed by atoms with E-state index >= 15 is 0 Å². The number of hydrogen-bond acceptors (Lipinski definition) is 4. The summed E-state index contributed by atoms with van der Waals surface area (Å²) in [4.78, 5) is 21.4. The molecular weight excluding hydrogens is 384 g/mol. The summed E-state index contributed by atoms with van der Waals surface area (Å²) >= 11 is 9.39. The Morgan fingerprint density at radius 1 is 1.17 bits per heavy atom. The minimum absolute atomic E-state index is 0.297. The van der Waals surface area contributed by atoms with Crippen molar-refractivity contribution in [2.24, 2.45) is 0 Å². The van der Waals surface area contributed by atoms with Gasteiger partial charge in [-0.2, -0.15) is 4.98 Å². The Morgan fingerprint density at radius 2 is 2.04 bits per heavy atom. The summed E-state index contributed by atoms with van der Waals surface area (Å²) in [6, 6.07) is 10.8. The number of aromatic amines is 2. The predicted octanol–water partition coefficient (Wildman–Crippen LogP) is 3.99. The van der Waals surface area contributed by atoms with Gasteiger partial charge in [0.1, 0.15) is 0 Å². The lowest BCUT2D eigenvalue weighted by Crippen LogP contribution is -1.99. The van der Waals surface area contributed by atoms with Crippen molar-refractivity contribution in [3.8, 4) is 22.8 Å². The van der Waals surface area contributed by atoms with Crippen molar-refractivity contribution in [1.82, 2.24) is 20.1 Å². The van der Waals surface area contributed by atoms with Gasteiger partial charge in [-0.05, 0) is 24.3 Å². The van der Waals surface area contributed by atoms with E-state index in [0.29, 0.717) is 33.3 Å². The van der Waals surface area contributed by atoms with E-state index in [9.17, 15) is 4.79 Å². The van der Waals surface area contributed by atoms with Gasteiger partial charge in [0.2, 0.25) is 5.82 Å². The van der Waals surface area contributed by atoms with E-state index in [2.05, 4.69) is 36.0 Å². The van der Waals surface area contributed by atoms with E-state index in [1.807, 2.05) is 12.1 Å². The fraction of sp³-hybridized carbons (Fsp3) is 0. The lowest BCUT2D eigenvalue weighted by Gasteiger charge is -1.98. The monoisotopic (exact) mass is 390 g/mol. The van der Waals surface area contributed by atoms with Gasteiger partial charge in [0, 0.05) is 15.1 Å². The molecule has 0 saturated heterocycles. The van der Waals surface area contributed by atoms with Gasteiger partial charge in [0.05, 0.1) is 16.6 Å². The molecule has 0 fully saturated rings. The molecule has 2 aromatic heterocycles. The Kier molecular flexibility index (Phi) is 3.32. The minimum Gasteiger partial charge on any atom is -0.334 e. The van der Waals surface area contributed by atoms with Gasteiger partial charge in [-0.25, -0.2) is 4.79 Å². The first-order valence-electron chi connectivity index (χ1n) is 6.62. The molecule has 8 heteroatoms. The van der Waals surface area contributed by atoms with E-state index < -0.39 is 0 Å². The van der Waals surface area contributed by atoms with Gasteiger partial charge in [-0.1, -0.05) is 44.8 Å². The van der Waals surface area contributed by atoms with Crippen molar-refractivity contribution < 1.29 is 4.52 Å². The number of fused-ring (bicyclic) bond motifs is 1. The van der Waals surface area contributed by atoms with Crippen LogP contribution in [0.15, 0.2) is 50.2 Å². The van der Waals surface area contributed by atoms with Crippen LogP contribution in [0.3, 0.4) is 0 Å². The van der Waals surface area contributed by atoms with Gasteiger partial charge in [-0.3, -0.25) is 0 Å². The Bertz CT molecular complexity index is 1080. The third-order valence-corrected chi connectivity index (χ3v) is 4.02. The molecule has 0 atom stereocenters. The van der Waals surface area contributed by atoms with Crippen molar-refractivity contribution in [3.63, 3.8) is 0 Å². The number of nitrogens with one attached hydrogen (secondary N) is 2. The first-order valence-corrected chi connectivity index (χ1v) is 7.79. The second kappa shape index (κ2) is 5.36. The first-order chi connectivity index (χ1) is 11.1. The Labute approximate surface area is 142 Å². The fourth-order valence-electron chi connectivity index (χ4n) is 2.35. The highest BCUT2D eigenvalue weighted by molar-refractivity contribution is 9.10. The van der Waals surface area contributed by atoms with Crippen LogP contribution in [0.25, 0.3) is 33.9 Å². The zero-order valence-corrected chi connectivity index (χ0v) is 13.8. The van der Waals surface area contributed by atoms with Crippen LogP contribution in [-0.4, -0.2) is 20.1 Å². The van der Waals surface area contributed by atoms with Crippen molar-refractivity contribution in [2.75, 3.05) is 0 Å². The summed E-state index contributed by atoms with van der Waals surface area (Å²) in [6.45, 7) is 0. The van der Waals surface area contributed by atoms with Crippen molar-refractivity contribution >= 4 is 38.6 Å². The van der Waals surface area contributed by atoms with E-state index in [1.165, 1.54) is 0 Å². The second-order valence-corrected chi connectivity index (χ2v) is 6.24. The standard InChI is InChI=1S/C15H8BrClN4O2/c16-8-5-10(12-11(6-8)18-15(22)19-12)14-20-13(21-23-14)7-2-1-3-9(17)4-7/h1-6H,(H2,18,19,22). The SMILES string of the molecule is O=c1[nH]c2cc(Br)cc(-c3nc(-c4cccc(Cl)c4)no3)c2[nH]1. The quantitative estimate of drug-likeness (QED) is 0.541. The summed E-state index contributed by atoms with van der Waals surface area (Å²) in [5, 5.41) is 4.58. The molecule has 2 heterocycles. The molecule has 0 aliphatic rings. The van der Waals surface area contributed by atoms with Crippen molar-refractivity contribution in [2.45, 2.75) is 0 Å². The molecule has 0 bridgehead atoms. The number of rotatable bonds is 2. The summed E-state index contributed by atoms with van der Waals surface area (Å²) in [5.41, 5.74) is 2.35. The highest BCUT2D eigenvalue weighted by atomic mass is 79.9. The van der Waals surface area contributed by atoms with Crippen LogP contribution in [0.5, 0.6) is 0 Å². The number of H-pyrrole nitrogens is 2. The molecule has 4 aromatic rings. The molecule has 6 nitrogen and oxygen atoms in total. The number of aromatic nitrogens is 4. The van der Waals surface area contributed by atoms with E-state index in [4.69, 9.17) is 16.1 Å². The molecule has 0 aliphatic heterocycles. The minimum atomic E-state index is -0.297. The number of hydrogen-bond donors (Lipinski definition) is 2. The Hall–Kier alpha value is -2.38. The maximum Gasteiger partial charge on any atom is 0.323 e. The first kappa shape index (κ1) is 14.2. The summed E-state index contributed by atoms with van der Waals surface area (Å²) in [6.07, 6.45) is 0. The Morgan fingerprint density at radius 3 is 2.87 bits per heavy atom. The van der Waals surface area contributed by atoms with Gasteiger partial charge in [0.25, 0.3) is 5.89 Å². The fourth-order valence-corrected chi connectivity index (χ4v) is 3.00. The number of halogens is 2. The van der Waals surface area contributed by atoms with Gasteiger partial charge in [0.15, 0.2) is 0 Å². The van der Waals surface area contributed by atoms with Gasteiger partial charge < -0.3 is 14.5 Å². The third kappa shape index (κ3) is 2.58. The molecule has 0 saturated carbocycles. The topological polar surface area (TPSA) is 87.6 Å². The summed E-state index contributed by atoms with van der Waals surface area (Å²) < 4.78 is 6.15. The average molecular weight is 392 g/mol. The highest BCUT2D eigenvalue weighted by Gasteiger charge is 2.16. The number of imidazole rings is 1. The molecule has 2 N–H and O–H groups in total.